The fourth-order valence-corrected chi connectivity index (χ4v) is 6.11. The Labute approximate surface area is 289 Å². The maximum Gasteiger partial charge on any atom is 0.328 e. The highest BCUT2D eigenvalue weighted by atomic mass is 16.6. The van der Waals surface area contributed by atoms with Gasteiger partial charge in [0.15, 0.2) is 0 Å². The zero-order valence-corrected chi connectivity index (χ0v) is 28.5. The highest BCUT2D eigenvalue weighted by molar-refractivity contribution is 5.75. The van der Waals surface area contributed by atoms with Crippen molar-refractivity contribution in [2.75, 3.05) is 47.7 Å². The van der Waals surface area contributed by atoms with E-state index in [1.54, 1.807) is 21.1 Å². The molecule has 1 aromatic heterocycles. The molecule has 3 N–H and O–H groups in total. The summed E-state index contributed by atoms with van der Waals surface area (Å²) >= 11 is 0. The lowest BCUT2D eigenvalue weighted by Gasteiger charge is -2.37. The van der Waals surface area contributed by atoms with Gasteiger partial charge in [-0.3, -0.25) is 19.1 Å². The van der Waals surface area contributed by atoms with Crippen LogP contribution in [0.5, 0.6) is 11.5 Å². The number of nitrogens with one attached hydrogen (secondary N) is 2. The summed E-state index contributed by atoms with van der Waals surface area (Å²) in [6, 6.07) is 24.7. The zero-order valence-electron chi connectivity index (χ0n) is 28.5. The van der Waals surface area contributed by atoms with E-state index in [1.165, 1.54) is 13.3 Å². The number of carbonyl (C=O) groups excluding carboxylic acids is 1. The lowest BCUT2D eigenvalue weighted by molar-refractivity contribution is -0.121. The van der Waals surface area contributed by atoms with Crippen LogP contribution in [0.2, 0.25) is 0 Å². The molecule has 2 heterocycles. The minimum absolute atomic E-state index is 0.0116. The van der Waals surface area contributed by atoms with E-state index in [-0.39, 0.29) is 31.9 Å². The Morgan fingerprint density at radius 2 is 1.50 bits per heavy atom. The van der Waals surface area contributed by atoms with Crippen molar-refractivity contribution in [3.8, 4) is 11.5 Å². The Hall–Kier alpha value is -4.79. The number of nitrogens with zero attached hydrogens (tertiary/aromatic N) is 1. The molecule has 1 saturated heterocycles. The minimum Gasteiger partial charge on any atom is -0.497 e. The summed E-state index contributed by atoms with van der Waals surface area (Å²) in [5, 5.41) is 14.3. The van der Waals surface area contributed by atoms with Gasteiger partial charge in [0.2, 0.25) is 5.91 Å². The smallest absolute Gasteiger partial charge is 0.328 e. The molecular formula is C37H43N3O10. The first-order valence-electron chi connectivity index (χ1n) is 16.3. The molecule has 13 heteroatoms. The Bertz CT molecular complexity index is 1760. The van der Waals surface area contributed by atoms with Gasteiger partial charge in [-0.1, -0.05) is 54.6 Å². The molecular weight excluding hydrogens is 646 g/mol. The number of carbonyl (C=O) groups is 1. The highest BCUT2D eigenvalue weighted by Crippen LogP contribution is 2.43. The molecule has 13 nitrogen and oxygen atoms in total. The second-order valence-electron chi connectivity index (χ2n) is 11.7. The SMILES string of the molecule is CCNC(=O)Cn1cc([C@@H]2O[C@H](COC(c3ccccc3)(c3ccc(OC)cc3)c3ccc(OC)cc3)[C@@H](O)[C@H]2OCCOC)c(=O)[nH]c1=O. The molecule has 3 aromatic carbocycles. The third-order valence-electron chi connectivity index (χ3n) is 8.61. The van der Waals surface area contributed by atoms with E-state index in [9.17, 15) is 19.5 Å². The second-order valence-corrected chi connectivity index (χ2v) is 11.7. The molecule has 266 valence electrons. The molecule has 1 aliphatic rings. The Morgan fingerprint density at radius 1 is 0.900 bits per heavy atom. The normalized spacial score (nSPS) is 18.9. The highest BCUT2D eigenvalue weighted by Gasteiger charge is 2.48. The van der Waals surface area contributed by atoms with Crippen LogP contribution in [0.3, 0.4) is 0 Å². The maximum absolute atomic E-state index is 13.2. The fourth-order valence-electron chi connectivity index (χ4n) is 6.11. The molecule has 1 fully saturated rings. The number of H-pyrrole nitrogens is 1. The van der Waals surface area contributed by atoms with Gasteiger partial charge in [-0.05, 0) is 47.9 Å². The van der Waals surface area contributed by atoms with E-state index >= 15 is 0 Å². The van der Waals surface area contributed by atoms with Crippen LogP contribution in [0.4, 0.5) is 0 Å². The number of likely N-dealkylation sites (N-methyl/N-ethyl adjacent to an activating group) is 1. The van der Waals surface area contributed by atoms with E-state index in [2.05, 4.69) is 10.3 Å². The molecule has 0 radical (unpaired) electrons. The third kappa shape index (κ3) is 7.82. The molecule has 1 aliphatic heterocycles. The Morgan fingerprint density at radius 3 is 2.06 bits per heavy atom. The summed E-state index contributed by atoms with van der Waals surface area (Å²) < 4.78 is 36.5. The Balaban J connectivity index is 1.55. The van der Waals surface area contributed by atoms with Crippen LogP contribution in [0.1, 0.15) is 35.3 Å². The van der Waals surface area contributed by atoms with E-state index in [0.717, 1.165) is 21.3 Å². The van der Waals surface area contributed by atoms with Crippen LogP contribution in [-0.4, -0.2) is 86.6 Å². The van der Waals surface area contributed by atoms with Gasteiger partial charge in [0.25, 0.3) is 5.56 Å². The summed E-state index contributed by atoms with van der Waals surface area (Å²) in [7, 11) is 4.70. The monoisotopic (exact) mass is 689 g/mol. The van der Waals surface area contributed by atoms with Crippen molar-refractivity contribution in [3.63, 3.8) is 0 Å². The largest absolute Gasteiger partial charge is 0.497 e. The average molecular weight is 690 g/mol. The van der Waals surface area contributed by atoms with E-state index in [1.807, 2.05) is 78.9 Å². The predicted octanol–water partition coefficient (Wildman–Crippen LogP) is 2.53. The maximum atomic E-state index is 13.2. The van der Waals surface area contributed by atoms with Gasteiger partial charge < -0.3 is 38.8 Å². The lowest BCUT2D eigenvalue weighted by atomic mass is 9.80. The van der Waals surface area contributed by atoms with Crippen molar-refractivity contribution < 1.29 is 38.3 Å². The van der Waals surface area contributed by atoms with Gasteiger partial charge in [-0.25, -0.2) is 4.79 Å². The van der Waals surface area contributed by atoms with Crippen LogP contribution in [0.25, 0.3) is 0 Å². The topological polar surface area (TPSA) is 160 Å². The van der Waals surface area contributed by atoms with Crippen molar-refractivity contribution in [1.82, 2.24) is 14.9 Å². The van der Waals surface area contributed by atoms with E-state index < -0.39 is 47.2 Å². The van der Waals surface area contributed by atoms with Crippen LogP contribution in [0.15, 0.2) is 94.6 Å². The zero-order chi connectivity index (χ0) is 35.7. The van der Waals surface area contributed by atoms with Gasteiger partial charge >= 0.3 is 5.69 Å². The van der Waals surface area contributed by atoms with Crippen molar-refractivity contribution >= 4 is 5.91 Å². The molecule has 0 saturated carbocycles. The first-order valence-corrected chi connectivity index (χ1v) is 16.3. The number of benzene rings is 3. The van der Waals surface area contributed by atoms with Crippen LogP contribution >= 0.6 is 0 Å². The fraction of sp³-hybridized carbons (Fsp3) is 0.378. The number of rotatable bonds is 16. The standard InChI is InChI=1S/C37H43N3O10/c1-5-38-31(41)22-40-21-29(35(43)39-36(40)44)33-34(48-20-19-45-2)32(42)30(50-33)23-49-37(24-9-7-6-8-10-24,25-11-15-27(46-3)16-12-25)26-13-17-28(47-4)18-14-26/h6-18,21,30,32-34,42H,5,19-20,22-23H2,1-4H3,(H,38,41)(H,39,43,44)/t30-,32-,33+,34-/m1/s1. The molecule has 0 unspecified atom stereocenters. The second kappa shape index (κ2) is 16.7. The average Bonchev–Trinajstić information content (AvgIpc) is 3.44. The van der Waals surface area contributed by atoms with Crippen LogP contribution < -0.4 is 26.0 Å². The predicted molar refractivity (Wildman–Crippen MR) is 184 cm³/mol. The summed E-state index contributed by atoms with van der Waals surface area (Å²) in [6.45, 7) is 1.97. The molecule has 4 aromatic rings. The first-order chi connectivity index (χ1) is 24.2. The van der Waals surface area contributed by atoms with Gasteiger partial charge in [-0.15, -0.1) is 0 Å². The number of methoxy groups -OCH3 is 3. The van der Waals surface area contributed by atoms with Gasteiger partial charge in [0.1, 0.15) is 48.1 Å². The van der Waals surface area contributed by atoms with Crippen molar-refractivity contribution in [1.29, 1.82) is 0 Å². The van der Waals surface area contributed by atoms with Crippen molar-refractivity contribution in [2.45, 2.75) is 43.5 Å². The summed E-state index contributed by atoms with van der Waals surface area (Å²) in [5.41, 5.74) is -0.312. The number of hydrogen-bond acceptors (Lipinski definition) is 10. The van der Waals surface area contributed by atoms with Crippen LogP contribution in [0, 0.1) is 0 Å². The van der Waals surface area contributed by atoms with E-state index in [0.29, 0.717) is 18.0 Å². The number of aromatic nitrogens is 2. The minimum atomic E-state index is -1.26. The lowest BCUT2D eigenvalue weighted by Crippen LogP contribution is -2.41. The summed E-state index contributed by atoms with van der Waals surface area (Å²) in [4.78, 5) is 40.4. The number of amides is 1. The molecule has 5 rings (SSSR count). The molecule has 0 aliphatic carbocycles. The van der Waals surface area contributed by atoms with Crippen molar-refractivity contribution in [3.05, 3.63) is 128 Å². The van der Waals surface area contributed by atoms with Gasteiger partial charge in [-0.2, -0.15) is 0 Å². The molecule has 50 heavy (non-hydrogen) atoms. The van der Waals surface area contributed by atoms with E-state index in [4.69, 9.17) is 28.4 Å². The number of hydrogen-bond donors (Lipinski definition) is 3. The number of aliphatic hydroxyl groups is 1. The van der Waals surface area contributed by atoms with Crippen LogP contribution in [-0.2, 0) is 35.9 Å². The van der Waals surface area contributed by atoms with Crippen molar-refractivity contribution in [2.24, 2.45) is 0 Å². The van der Waals surface area contributed by atoms with Gasteiger partial charge in [0, 0.05) is 19.9 Å². The molecule has 0 bridgehead atoms. The molecule has 0 spiro atoms. The summed E-state index contributed by atoms with van der Waals surface area (Å²) in [6.07, 6.45) is -3.14. The third-order valence-corrected chi connectivity index (χ3v) is 8.61. The first kappa shape index (κ1) is 36.5. The molecule has 4 atom stereocenters. The number of aliphatic hydroxyl groups excluding tert-OH is 1. The quantitative estimate of drug-likeness (QED) is 0.118. The Kier molecular flexibility index (Phi) is 12.2. The number of aromatic amines is 1. The summed E-state index contributed by atoms with van der Waals surface area (Å²) in [5.74, 6) is 0.920. The number of ether oxygens (including phenoxy) is 6. The molecule has 1 amide bonds. The van der Waals surface area contributed by atoms with Gasteiger partial charge in [0.05, 0.1) is 39.6 Å².